The molecular weight excluding hydrogens is 324 g/mol. The van der Waals surface area contributed by atoms with E-state index in [2.05, 4.69) is 6.58 Å². The van der Waals surface area contributed by atoms with Crippen molar-refractivity contribution in [2.45, 2.75) is 37.6 Å². The van der Waals surface area contributed by atoms with Gasteiger partial charge in [0.25, 0.3) is 0 Å². The normalized spacial score (nSPS) is 30.0. The van der Waals surface area contributed by atoms with Crippen LogP contribution in [0.3, 0.4) is 0 Å². The monoisotopic (exact) mass is 348 g/mol. The van der Waals surface area contributed by atoms with Gasteiger partial charge in [0.15, 0.2) is 0 Å². The summed E-state index contributed by atoms with van der Waals surface area (Å²) in [6.45, 7) is 5.41. The summed E-state index contributed by atoms with van der Waals surface area (Å²) in [7, 11) is 0. The van der Waals surface area contributed by atoms with Crippen molar-refractivity contribution in [2.24, 2.45) is 0 Å². The summed E-state index contributed by atoms with van der Waals surface area (Å²) in [5, 5.41) is 38.7. The minimum Gasteiger partial charge on any atom is -0.462 e. The molecule has 4 N–H and O–H groups in total. The van der Waals surface area contributed by atoms with E-state index in [0.717, 1.165) is 11.1 Å². The fraction of sp³-hybridized carbons (Fsp3) is 0.368. The first-order valence-electron chi connectivity index (χ1n) is 8.03. The molecule has 2 rings (SSSR count). The topological polar surface area (TPSA) is 99.4 Å². The second kappa shape index (κ2) is 8.94. The largest absolute Gasteiger partial charge is 0.462 e. The summed E-state index contributed by atoms with van der Waals surface area (Å²) < 4.78 is 10.8. The maximum atomic E-state index is 9.97. The quantitative estimate of drug-likeness (QED) is 0.573. The summed E-state index contributed by atoms with van der Waals surface area (Å²) in [5.74, 6) is 0.415. The van der Waals surface area contributed by atoms with Gasteiger partial charge in [-0.05, 0) is 30.2 Å². The average Bonchev–Trinajstić information content (AvgIpc) is 2.63. The van der Waals surface area contributed by atoms with Crippen LogP contribution in [0, 0.1) is 0 Å². The predicted molar refractivity (Wildman–Crippen MR) is 93.8 cm³/mol. The molecule has 1 saturated heterocycles. The van der Waals surface area contributed by atoms with Crippen LogP contribution in [0.5, 0.6) is 5.75 Å². The van der Waals surface area contributed by atoms with Crippen molar-refractivity contribution in [3.8, 4) is 5.75 Å². The standard InChI is InChI=1S/C19H24O6/c1-3-4-5-6-12(2)13-7-9-14(10-8-13)24-19-18(23)17(22)16(21)15(11-20)25-19/h3-10,15-23H,2,11H2,1H3/b4-3-,6-5-. The Morgan fingerprint density at radius 1 is 1.12 bits per heavy atom. The first-order valence-corrected chi connectivity index (χ1v) is 8.03. The van der Waals surface area contributed by atoms with Crippen molar-refractivity contribution in [1.82, 2.24) is 0 Å². The van der Waals surface area contributed by atoms with Gasteiger partial charge in [-0.1, -0.05) is 43.0 Å². The van der Waals surface area contributed by atoms with Crippen LogP contribution in [0.1, 0.15) is 12.5 Å². The van der Waals surface area contributed by atoms with Gasteiger partial charge in [-0.3, -0.25) is 0 Å². The molecule has 1 aromatic carbocycles. The summed E-state index contributed by atoms with van der Waals surface area (Å²) in [6.07, 6.45) is 1.09. The molecule has 5 unspecified atom stereocenters. The van der Waals surface area contributed by atoms with Gasteiger partial charge in [0.05, 0.1) is 6.61 Å². The Morgan fingerprint density at radius 2 is 1.80 bits per heavy atom. The number of aliphatic hydroxyl groups is 4. The smallest absolute Gasteiger partial charge is 0.229 e. The lowest BCUT2D eigenvalue weighted by molar-refractivity contribution is -0.277. The molecule has 136 valence electrons. The van der Waals surface area contributed by atoms with Gasteiger partial charge in [0, 0.05) is 0 Å². The van der Waals surface area contributed by atoms with Gasteiger partial charge in [0.2, 0.25) is 6.29 Å². The van der Waals surface area contributed by atoms with E-state index in [4.69, 9.17) is 9.47 Å². The zero-order valence-corrected chi connectivity index (χ0v) is 14.0. The van der Waals surface area contributed by atoms with Crippen LogP contribution in [-0.4, -0.2) is 57.7 Å². The predicted octanol–water partition coefficient (Wildman–Crippen LogP) is 1.01. The van der Waals surface area contributed by atoms with Crippen molar-refractivity contribution < 1.29 is 29.9 Å². The lowest BCUT2D eigenvalue weighted by atomic mass is 9.99. The highest BCUT2D eigenvalue weighted by Gasteiger charge is 2.44. The summed E-state index contributed by atoms with van der Waals surface area (Å²) in [4.78, 5) is 0. The Hall–Kier alpha value is -1.96. The molecular formula is C19H24O6. The van der Waals surface area contributed by atoms with E-state index in [0.29, 0.717) is 5.75 Å². The molecule has 1 aromatic rings. The Morgan fingerprint density at radius 3 is 2.40 bits per heavy atom. The zero-order valence-electron chi connectivity index (χ0n) is 14.0. The molecule has 6 heteroatoms. The molecule has 25 heavy (non-hydrogen) atoms. The van der Waals surface area contributed by atoms with Gasteiger partial charge in [-0.25, -0.2) is 0 Å². The third-order valence-electron chi connectivity index (χ3n) is 3.93. The number of rotatable bonds is 6. The molecule has 1 aliphatic rings. The Bertz CT molecular complexity index is 619. The average molecular weight is 348 g/mol. The molecule has 0 spiro atoms. The molecule has 1 heterocycles. The summed E-state index contributed by atoms with van der Waals surface area (Å²) in [5.41, 5.74) is 1.74. The number of allylic oxidation sites excluding steroid dienone is 5. The fourth-order valence-electron chi connectivity index (χ4n) is 2.43. The second-order valence-corrected chi connectivity index (χ2v) is 5.75. The number of hydrogen-bond acceptors (Lipinski definition) is 6. The van der Waals surface area contributed by atoms with Gasteiger partial charge >= 0.3 is 0 Å². The highest BCUT2D eigenvalue weighted by Crippen LogP contribution is 2.25. The lowest BCUT2D eigenvalue weighted by Gasteiger charge is -2.39. The summed E-state index contributed by atoms with van der Waals surface area (Å²) >= 11 is 0. The van der Waals surface area contributed by atoms with Crippen molar-refractivity contribution in [3.05, 3.63) is 60.7 Å². The molecule has 0 bridgehead atoms. The van der Waals surface area contributed by atoms with Gasteiger partial charge < -0.3 is 29.9 Å². The maximum absolute atomic E-state index is 9.97. The van der Waals surface area contributed by atoms with Crippen LogP contribution in [-0.2, 0) is 4.74 Å². The van der Waals surface area contributed by atoms with Crippen LogP contribution in [0.2, 0.25) is 0 Å². The Labute approximate surface area is 147 Å². The van der Waals surface area contributed by atoms with Crippen molar-refractivity contribution in [3.63, 3.8) is 0 Å². The third kappa shape index (κ3) is 4.78. The molecule has 6 nitrogen and oxygen atoms in total. The van der Waals surface area contributed by atoms with Crippen LogP contribution < -0.4 is 4.74 Å². The maximum Gasteiger partial charge on any atom is 0.229 e. The van der Waals surface area contributed by atoms with E-state index in [-0.39, 0.29) is 0 Å². The zero-order chi connectivity index (χ0) is 18.4. The van der Waals surface area contributed by atoms with Gasteiger partial charge in [0.1, 0.15) is 30.2 Å². The molecule has 0 amide bonds. The van der Waals surface area contributed by atoms with Crippen LogP contribution in [0.15, 0.2) is 55.1 Å². The number of hydrogen-bond donors (Lipinski definition) is 4. The Balaban J connectivity index is 2.04. The number of aliphatic hydroxyl groups excluding tert-OH is 4. The fourth-order valence-corrected chi connectivity index (χ4v) is 2.43. The molecule has 0 radical (unpaired) electrons. The molecule has 0 aromatic heterocycles. The van der Waals surface area contributed by atoms with Crippen LogP contribution in [0.25, 0.3) is 5.57 Å². The highest BCUT2D eigenvalue weighted by atomic mass is 16.7. The first-order chi connectivity index (χ1) is 12.0. The molecule has 5 atom stereocenters. The van der Waals surface area contributed by atoms with Gasteiger partial charge in [-0.15, -0.1) is 0 Å². The molecule has 0 saturated carbocycles. The van der Waals surface area contributed by atoms with Crippen LogP contribution >= 0.6 is 0 Å². The van der Waals surface area contributed by atoms with Crippen LogP contribution in [0.4, 0.5) is 0 Å². The van der Waals surface area contributed by atoms with E-state index >= 15 is 0 Å². The number of ether oxygens (including phenoxy) is 2. The lowest BCUT2D eigenvalue weighted by Crippen LogP contribution is -2.60. The van der Waals surface area contributed by atoms with Crippen molar-refractivity contribution in [1.29, 1.82) is 0 Å². The number of benzene rings is 1. The van der Waals surface area contributed by atoms with Crippen molar-refractivity contribution in [2.75, 3.05) is 6.61 Å². The Kier molecular flexibility index (Phi) is 6.92. The van der Waals surface area contributed by atoms with E-state index in [1.165, 1.54) is 0 Å². The van der Waals surface area contributed by atoms with E-state index in [1.807, 2.05) is 43.4 Å². The van der Waals surface area contributed by atoms with Crippen molar-refractivity contribution >= 4 is 5.57 Å². The van der Waals surface area contributed by atoms with E-state index in [9.17, 15) is 20.4 Å². The molecule has 0 aliphatic carbocycles. The first kappa shape index (κ1) is 19.4. The van der Waals surface area contributed by atoms with E-state index in [1.54, 1.807) is 12.1 Å². The van der Waals surface area contributed by atoms with Gasteiger partial charge in [-0.2, -0.15) is 0 Å². The minimum atomic E-state index is -1.47. The highest BCUT2D eigenvalue weighted by molar-refractivity contribution is 5.72. The second-order valence-electron chi connectivity index (χ2n) is 5.75. The SMILES string of the molecule is C=C(/C=C\C=C/C)c1ccc(OC2OC(CO)C(O)C(O)C2O)cc1. The third-order valence-corrected chi connectivity index (χ3v) is 3.93. The summed E-state index contributed by atoms with van der Waals surface area (Å²) in [6, 6.07) is 6.99. The van der Waals surface area contributed by atoms with E-state index < -0.39 is 37.3 Å². The molecule has 1 fully saturated rings. The minimum absolute atomic E-state index is 0.415. The molecule has 1 aliphatic heterocycles.